The summed E-state index contributed by atoms with van der Waals surface area (Å²) in [7, 11) is 0. The largest absolute Gasteiger partial charge is 0.481 e. The number of hydrogen-bond donors (Lipinski definition) is 7. The van der Waals surface area contributed by atoms with Crippen molar-refractivity contribution >= 4 is 36.3 Å². The third kappa shape index (κ3) is 12.0. The first kappa shape index (κ1) is 21.2. The minimum absolute atomic E-state index is 0. The van der Waals surface area contributed by atoms with Crippen molar-refractivity contribution < 1.29 is 34.8 Å². The average molecular weight is 288 g/mol. The molecule has 0 aliphatic heterocycles. The number of guanidine groups is 1. The maximum absolute atomic E-state index is 10.3. The second kappa shape index (κ2) is 9.01. The van der Waals surface area contributed by atoms with Crippen LogP contribution in [-0.4, -0.2) is 49.9 Å². The number of carboxylic acids is 3. The molecule has 0 radical (unpaired) electrons. The third-order valence-corrected chi connectivity index (χ3v) is 1.29. The van der Waals surface area contributed by atoms with Crippen LogP contribution in [0.15, 0.2) is 0 Å². The molecule has 0 saturated carbocycles. The Bertz CT molecular complexity index is 313. The van der Waals surface area contributed by atoms with Crippen LogP contribution < -0.4 is 11.5 Å². The molecule has 0 atom stereocenters. The van der Waals surface area contributed by atoms with Gasteiger partial charge < -0.3 is 31.9 Å². The number of carboxylic acid groups (broad SMARTS) is 3. The molecular formula is C7H14ClN3O7. The molecule has 0 saturated heterocycles. The number of halogens is 1. The van der Waals surface area contributed by atoms with Gasteiger partial charge >= 0.3 is 17.9 Å². The smallest absolute Gasteiger partial charge is 0.336 e. The van der Waals surface area contributed by atoms with E-state index < -0.39 is 36.4 Å². The van der Waals surface area contributed by atoms with Gasteiger partial charge in [-0.1, -0.05) is 0 Å². The molecule has 18 heavy (non-hydrogen) atoms. The van der Waals surface area contributed by atoms with E-state index in [1.165, 1.54) is 0 Å². The third-order valence-electron chi connectivity index (χ3n) is 1.29. The summed E-state index contributed by atoms with van der Waals surface area (Å²) in [4.78, 5) is 30.5. The molecule has 9 N–H and O–H groups in total. The zero-order chi connectivity index (χ0) is 14.2. The Kier molecular flexibility index (Phi) is 10.6. The number of hydrogen-bond acceptors (Lipinski definition) is 5. The standard InChI is InChI=1S/C6H8O7.CH5N3.ClH/c7-3(8)1-6(13,5(11)12)2-4(9)10;2-1(3)4;/h13H,1-2H2,(H,7,8)(H,9,10)(H,11,12);(H5,2,3,4);1H. The van der Waals surface area contributed by atoms with Gasteiger partial charge in [-0.15, -0.1) is 12.4 Å². The van der Waals surface area contributed by atoms with E-state index in [0.717, 1.165) is 0 Å². The molecular weight excluding hydrogens is 274 g/mol. The highest BCUT2D eigenvalue weighted by Gasteiger charge is 2.40. The highest BCUT2D eigenvalue weighted by Crippen LogP contribution is 2.15. The monoisotopic (exact) mass is 287 g/mol. The van der Waals surface area contributed by atoms with Crippen LogP contribution in [0.5, 0.6) is 0 Å². The fourth-order valence-electron chi connectivity index (χ4n) is 0.714. The van der Waals surface area contributed by atoms with Crippen molar-refractivity contribution in [3.05, 3.63) is 0 Å². The quantitative estimate of drug-likeness (QED) is 0.220. The van der Waals surface area contributed by atoms with Gasteiger partial charge in [0.05, 0.1) is 12.8 Å². The van der Waals surface area contributed by atoms with E-state index in [4.69, 9.17) is 25.8 Å². The van der Waals surface area contributed by atoms with Crippen molar-refractivity contribution in [3.8, 4) is 0 Å². The summed E-state index contributed by atoms with van der Waals surface area (Å²) < 4.78 is 0. The molecule has 0 rings (SSSR count). The number of carbonyl (C=O) groups is 3. The van der Waals surface area contributed by atoms with Gasteiger partial charge in [0.25, 0.3) is 0 Å². The summed E-state index contributed by atoms with van der Waals surface area (Å²) in [6, 6.07) is 0. The maximum atomic E-state index is 10.3. The Hall–Kier alpha value is -2.07. The Balaban J connectivity index is -0.000000392. The van der Waals surface area contributed by atoms with Gasteiger partial charge in [0.2, 0.25) is 0 Å². The molecule has 0 heterocycles. The highest BCUT2D eigenvalue weighted by atomic mass is 35.5. The predicted octanol–water partition coefficient (Wildman–Crippen LogP) is -1.99. The first-order chi connectivity index (χ1) is 7.51. The molecule has 0 aromatic heterocycles. The summed E-state index contributed by atoms with van der Waals surface area (Å²) in [5.41, 5.74) is 6.21. The summed E-state index contributed by atoms with van der Waals surface area (Å²) in [5, 5.41) is 39.9. The molecule has 0 aromatic rings. The SMILES string of the molecule is Cl.N=C(N)N.O=C(O)CC(O)(CC(=O)O)C(=O)O. The fourth-order valence-corrected chi connectivity index (χ4v) is 0.714. The van der Waals surface area contributed by atoms with E-state index in [-0.39, 0.29) is 18.4 Å². The van der Waals surface area contributed by atoms with Crippen molar-refractivity contribution in [2.24, 2.45) is 11.5 Å². The molecule has 11 heteroatoms. The summed E-state index contributed by atoms with van der Waals surface area (Å²) in [5.74, 6) is -5.35. The van der Waals surface area contributed by atoms with Crippen LogP contribution in [-0.2, 0) is 14.4 Å². The molecule has 0 aliphatic carbocycles. The van der Waals surface area contributed by atoms with Gasteiger partial charge in [-0.2, -0.15) is 0 Å². The van der Waals surface area contributed by atoms with E-state index in [0.29, 0.717) is 0 Å². The number of aliphatic hydroxyl groups is 1. The fraction of sp³-hybridized carbons (Fsp3) is 0.429. The van der Waals surface area contributed by atoms with Crippen LogP contribution in [0.3, 0.4) is 0 Å². The van der Waals surface area contributed by atoms with Gasteiger partial charge in [0.1, 0.15) is 0 Å². The van der Waals surface area contributed by atoms with Crippen LogP contribution in [0, 0.1) is 5.41 Å². The average Bonchev–Trinajstić information content (AvgIpc) is 1.98. The zero-order valence-corrected chi connectivity index (χ0v) is 9.81. The van der Waals surface area contributed by atoms with E-state index in [2.05, 4.69) is 11.5 Å². The van der Waals surface area contributed by atoms with Crippen LogP contribution in [0.1, 0.15) is 12.8 Å². The van der Waals surface area contributed by atoms with Crippen molar-refractivity contribution in [1.82, 2.24) is 0 Å². The zero-order valence-electron chi connectivity index (χ0n) is 8.99. The molecule has 0 amide bonds. The van der Waals surface area contributed by atoms with Gasteiger partial charge in [-0.05, 0) is 0 Å². The van der Waals surface area contributed by atoms with E-state index in [1.807, 2.05) is 0 Å². The van der Waals surface area contributed by atoms with Crippen molar-refractivity contribution in [2.75, 3.05) is 0 Å². The molecule has 0 bridgehead atoms. The number of nitrogens with one attached hydrogen (secondary N) is 1. The molecule has 0 aromatic carbocycles. The Morgan fingerprint density at radius 3 is 1.33 bits per heavy atom. The predicted molar refractivity (Wildman–Crippen MR) is 60.4 cm³/mol. The lowest BCUT2D eigenvalue weighted by atomic mass is 9.96. The number of nitrogens with two attached hydrogens (primary N) is 2. The first-order valence-electron chi connectivity index (χ1n) is 4.00. The second-order valence-corrected chi connectivity index (χ2v) is 2.93. The normalized spacial score (nSPS) is 9.17. The van der Waals surface area contributed by atoms with Crippen LogP contribution in [0.2, 0.25) is 0 Å². The summed E-state index contributed by atoms with van der Waals surface area (Å²) in [6.45, 7) is 0. The Morgan fingerprint density at radius 2 is 1.22 bits per heavy atom. The Labute approximate surface area is 107 Å². The van der Waals surface area contributed by atoms with E-state index >= 15 is 0 Å². The number of aliphatic carboxylic acids is 3. The molecule has 0 unspecified atom stereocenters. The summed E-state index contributed by atoms with van der Waals surface area (Å²) >= 11 is 0. The molecule has 10 nitrogen and oxygen atoms in total. The van der Waals surface area contributed by atoms with Crippen molar-refractivity contribution in [3.63, 3.8) is 0 Å². The van der Waals surface area contributed by atoms with Gasteiger partial charge in [0, 0.05) is 0 Å². The summed E-state index contributed by atoms with van der Waals surface area (Å²) in [6.07, 6.45) is -2.29. The minimum atomic E-state index is -2.74. The first-order valence-corrected chi connectivity index (χ1v) is 4.00. The maximum Gasteiger partial charge on any atom is 0.336 e. The van der Waals surface area contributed by atoms with Crippen LogP contribution in [0.4, 0.5) is 0 Å². The molecule has 106 valence electrons. The lowest BCUT2D eigenvalue weighted by molar-refractivity contribution is -0.170. The molecule has 0 fully saturated rings. The molecule has 0 aliphatic rings. The lowest BCUT2D eigenvalue weighted by Crippen LogP contribution is -2.42. The second-order valence-electron chi connectivity index (χ2n) is 2.93. The molecule has 0 spiro atoms. The topological polar surface area (TPSA) is 208 Å². The minimum Gasteiger partial charge on any atom is -0.481 e. The van der Waals surface area contributed by atoms with Gasteiger partial charge in [-0.3, -0.25) is 15.0 Å². The Morgan fingerprint density at radius 1 is 1.00 bits per heavy atom. The highest BCUT2D eigenvalue weighted by molar-refractivity contribution is 5.88. The van der Waals surface area contributed by atoms with Crippen molar-refractivity contribution in [1.29, 1.82) is 5.41 Å². The van der Waals surface area contributed by atoms with Crippen LogP contribution >= 0.6 is 12.4 Å². The van der Waals surface area contributed by atoms with Gasteiger partial charge in [0.15, 0.2) is 11.6 Å². The van der Waals surface area contributed by atoms with Gasteiger partial charge in [-0.25, -0.2) is 4.79 Å². The van der Waals surface area contributed by atoms with Crippen LogP contribution in [0.25, 0.3) is 0 Å². The van der Waals surface area contributed by atoms with E-state index in [9.17, 15) is 14.4 Å². The number of rotatable bonds is 5. The van der Waals surface area contributed by atoms with E-state index in [1.54, 1.807) is 0 Å². The lowest BCUT2D eigenvalue weighted by Gasteiger charge is -2.18. The van der Waals surface area contributed by atoms with Crippen molar-refractivity contribution in [2.45, 2.75) is 18.4 Å².